The number of carbonyl (C=O) groups is 1. The van der Waals surface area contributed by atoms with Crippen molar-refractivity contribution in [3.05, 3.63) is 48.0 Å². The summed E-state index contributed by atoms with van der Waals surface area (Å²) in [7, 11) is 0. The molecule has 0 spiro atoms. The van der Waals surface area contributed by atoms with Crippen LogP contribution >= 0.6 is 0 Å². The molecule has 0 bridgehead atoms. The normalized spacial score (nSPS) is 9.81. The smallest absolute Gasteiger partial charge is 0.254 e. The molecular weight excluding hydrogens is 258 g/mol. The molecule has 1 amide bonds. The molecule has 0 fully saturated rings. The van der Waals surface area contributed by atoms with Gasteiger partial charge in [0, 0.05) is 18.2 Å². The fourth-order valence-corrected chi connectivity index (χ4v) is 2.13. The highest BCUT2D eigenvalue weighted by molar-refractivity contribution is 5.95. The third-order valence-corrected chi connectivity index (χ3v) is 3.32. The molecule has 0 saturated heterocycles. The number of benzene rings is 1. The lowest BCUT2D eigenvalue weighted by atomic mass is 10.1. The van der Waals surface area contributed by atoms with Crippen LogP contribution in [0, 0.1) is 6.92 Å². The maximum absolute atomic E-state index is 12.6. The molecule has 0 aliphatic rings. The second-order valence-corrected chi connectivity index (χ2v) is 5.19. The summed E-state index contributed by atoms with van der Waals surface area (Å²) >= 11 is 0. The standard InChI is InChI=1S/C17H25NO.C2H6/c1-5-6-7-10-13-18(14(2)3)17(19)16-12-9-8-11-15(16)4;1-2/h5,8-9,11-12,14H,1,6-7,10,13H2,2-4H3;1-2H3. The Morgan fingerprint density at radius 3 is 2.38 bits per heavy atom. The monoisotopic (exact) mass is 289 g/mol. The first-order valence-electron chi connectivity index (χ1n) is 8.05. The molecule has 0 atom stereocenters. The molecule has 0 unspecified atom stereocenters. The summed E-state index contributed by atoms with van der Waals surface area (Å²) in [6.07, 6.45) is 5.07. The van der Waals surface area contributed by atoms with E-state index in [0.717, 1.165) is 36.9 Å². The molecule has 21 heavy (non-hydrogen) atoms. The van der Waals surface area contributed by atoms with Gasteiger partial charge in [0.25, 0.3) is 5.91 Å². The minimum absolute atomic E-state index is 0.145. The molecule has 0 N–H and O–H groups in total. The summed E-state index contributed by atoms with van der Waals surface area (Å²) in [6.45, 7) is 14.7. The number of amides is 1. The number of hydrogen-bond acceptors (Lipinski definition) is 1. The zero-order chi connectivity index (χ0) is 16.3. The highest BCUT2D eigenvalue weighted by Gasteiger charge is 2.19. The van der Waals surface area contributed by atoms with Crippen LogP contribution in [-0.2, 0) is 0 Å². The van der Waals surface area contributed by atoms with Crippen molar-refractivity contribution in [2.75, 3.05) is 6.54 Å². The van der Waals surface area contributed by atoms with Crippen LogP contribution in [0.1, 0.15) is 62.9 Å². The van der Waals surface area contributed by atoms with E-state index < -0.39 is 0 Å². The third-order valence-electron chi connectivity index (χ3n) is 3.32. The topological polar surface area (TPSA) is 20.3 Å². The summed E-state index contributed by atoms with van der Waals surface area (Å²) < 4.78 is 0. The minimum Gasteiger partial charge on any atom is -0.336 e. The Kier molecular flexibility index (Phi) is 10.3. The Balaban J connectivity index is 0.00000191. The van der Waals surface area contributed by atoms with E-state index in [2.05, 4.69) is 20.4 Å². The Morgan fingerprint density at radius 2 is 1.86 bits per heavy atom. The average Bonchev–Trinajstić information content (AvgIpc) is 2.49. The van der Waals surface area contributed by atoms with Gasteiger partial charge in [0.05, 0.1) is 0 Å². The lowest BCUT2D eigenvalue weighted by Crippen LogP contribution is -2.38. The van der Waals surface area contributed by atoms with E-state index in [9.17, 15) is 4.79 Å². The zero-order valence-electron chi connectivity index (χ0n) is 14.4. The van der Waals surface area contributed by atoms with Crippen molar-refractivity contribution >= 4 is 5.91 Å². The van der Waals surface area contributed by atoms with Crippen LogP contribution in [0.25, 0.3) is 0 Å². The number of carbonyl (C=O) groups excluding carboxylic acids is 1. The highest BCUT2D eigenvalue weighted by atomic mass is 16.2. The minimum atomic E-state index is 0.145. The van der Waals surface area contributed by atoms with Crippen molar-refractivity contribution in [1.29, 1.82) is 0 Å². The maximum Gasteiger partial charge on any atom is 0.254 e. The van der Waals surface area contributed by atoms with Gasteiger partial charge in [0.2, 0.25) is 0 Å². The quantitative estimate of drug-likeness (QED) is 0.497. The van der Waals surface area contributed by atoms with Crippen molar-refractivity contribution in [2.45, 2.75) is 59.9 Å². The van der Waals surface area contributed by atoms with E-state index in [1.165, 1.54) is 0 Å². The molecular formula is C19H31NO. The summed E-state index contributed by atoms with van der Waals surface area (Å²) in [5.74, 6) is 0.145. The van der Waals surface area contributed by atoms with Gasteiger partial charge in [0.15, 0.2) is 0 Å². The zero-order valence-corrected chi connectivity index (χ0v) is 14.4. The highest BCUT2D eigenvalue weighted by Crippen LogP contribution is 2.14. The summed E-state index contributed by atoms with van der Waals surface area (Å²) in [4.78, 5) is 14.5. The van der Waals surface area contributed by atoms with Gasteiger partial charge in [-0.15, -0.1) is 6.58 Å². The predicted octanol–water partition coefficient (Wildman–Crippen LogP) is 5.23. The fourth-order valence-electron chi connectivity index (χ4n) is 2.13. The molecule has 118 valence electrons. The van der Waals surface area contributed by atoms with Gasteiger partial charge in [0.1, 0.15) is 0 Å². The molecule has 2 nitrogen and oxygen atoms in total. The SMILES string of the molecule is C=CCCCCN(C(=O)c1ccccc1C)C(C)C.CC. The number of allylic oxidation sites excluding steroid dienone is 1. The molecule has 1 aromatic carbocycles. The van der Waals surface area contributed by atoms with Gasteiger partial charge in [-0.05, 0) is 51.7 Å². The largest absolute Gasteiger partial charge is 0.336 e. The van der Waals surface area contributed by atoms with Gasteiger partial charge < -0.3 is 4.90 Å². The van der Waals surface area contributed by atoms with E-state index in [1.807, 2.05) is 56.0 Å². The van der Waals surface area contributed by atoms with Crippen molar-refractivity contribution in [1.82, 2.24) is 4.90 Å². The van der Waals surface area contributed by atoms with Gasteiger partial charge in [-0.25, -0.2) is 0 Å². The van der Waals surface area contributed by atoms with Crippen LogP contribution in [0.15, 0.2) is 36.9 Å². The average molecular weight is 289 g/mol. The number of unbranched alkanes of at least 4 members (excludes halogenated alkanes) is 2. The summed E-state index contributed by atoms with van der Waals surface area (Å²) in [6, 6.07) is 8.03. The molecule has 0 heterocycles. The van der Waals surface area contributed by atoms with Crippen LogP contribution in [0.2, 0.25) is 0 Å². The first-order chi connectivity index (χ1) is 10.1. The summed E-state index contributed by atoms with van der Waals surface area (Å²) in [5.41, 5.74) is 1.86. The van der Waals surface area contributed by atoms with E-state index in [0.29, 0.717) is 0 Å². The lowest BCUT2D eigenvalue weighted by molar-refractivity contribution is 0.0702. The van der Waals surface area contributed by atoms with Crippen LogP contribution in [-0.4, -0.2) is 23.4 Å². The van der Waals surface area contributed by atoms with Gasteiger partial charge in [-0.2, -0.15) is 0 Å². The van der Waals surface area contributed by atoms with E-state index in [1.54, 1.807) is 0 Å². The number of nitrogens with zero attached hydrogens (tertiary/aromatic N) is 1. The first-order valence-corrected chi connectivity index (χ1v) is 8.05. The molecule has 0 aromatic heterocycles. The van der Waals surface area contributed by atoms with Crippen LogP contribution in [0.5, 0.6) is 0 Å². The van der Waals surface area contributed by atoms with Gasteiger partial charge in [-0.3, -0.25) is 4.79 Å². The molecule has 1 aromatic rings. The Bertz CT molecular complexity index is 423. The molecule has 1 rings (SSSR count). The van der Waals surface area contributed by atoms with Gasteiger partial charge >= 0.3 is 0 Å². The van der Waals surface area contributed by atoms with Crippen LogP contribution < -0.4 is 0 Å². The van der Waals surface area contributed by atoms with E-state index in [-0.39, 0.29) is 11.9 Å². The van der Waals surface area contributed by atoms with Crippen LogP contribution in [0.4, 0.5) is 0 Å². The Morgan fingerprint density at radius 1 is 1.24 bits per heavy atom. The molecule has 0 aliphatic carbocycles. The third kappa shape index (κ3) is 6.61. The second-order valence-electron chi connectivity index (χ2n) is 5.19. The van der Waals surface area contributed by atoms with Crippen molar-refractivity contribution < 1.29 is 4.79 Å². The van der Waals surface area contributed by atoms with Crippen LogP contribution in [0.3, 0.4) is 0 Å². The van der Waals surface area contributed by atoms with Crippen molar-refractivity contribution in [3.63, 3.8) is 0 Å². The predicted molar refractivity (Wildman–Crippen MR) is 92.7 cm³/mol. The first kappa shape index (κ1) is 19.4. The number of rotatable bonds is 7. The van der Waals surface area contributed by atoms with Gasteiger partial charge in [-0.1, -0.05) is 38.1 Å². The Labute approximate surface area is 130 Å². The van der Waals surface area contributed by atoms with E-state index in [4.69, 9.17) is 0 Å². The molecule has 0 radical (unpaired) electrons. The number of aryl methyl sites for hydroxylation is 1. The van der Waals surface area contributed by atoms with Crippen molar-refractivity contribution in [3.8, 4) is 0 Å². The summed E-state index contributed by atoms with van der Waals surface area (Å²) in [5, 5.41) is 0. The van der Waals surface area contributed by atoms with E-state index >= 15 is 0 Å². The van der Waals surface area contributed by atoms with Crippen molar-refractivity contribution in [2.24, 2.45) is 0 Å². The second kappa shape index (κ2) is 11.1. The Hall–Kier alpha value is -1.57. The maximum atomic E-state index is 12.6. The number of hydrogen-bond donors (Lipinski definition) is 0. The molecule has 2 heteroatoms. The molecule has 0 saturated carbocycles. The lowest BCUT2D eigenvalue weighted by Gasteiger charge is -2.27. The fraction of sp³-hybridized carbons (Fsp3) is 0.526. The molecule has 0 aliphatic heterocycles.